The van der Waals surface area contributed by atoms with Crippen molar-refractivity contribution < 1.29 is 22.7 Å². The SMILES string of the molecule is CC(C)N1CCC(F)(F)[C@H](CNC(=O)c2cc(Oc3ccc(F)cc3)ccn2)C1. The van der Waals surface area contributed by atoms with Gasteiger partial charge in [0, 0.05) is 44.4 Å². The monoisotopic (exact) mass is 407 g/mol. The molecule has 3 rings (SSSR count). The van der Waals surface area contributed by atoms with E-state index in [1.54, 1.807) is 6.07 Å². The molecule has 1 atom stereocenters. The molecule has 1 N–H and O–H groups in total. The number of hydrogen-bond donors (Lipinski definition) is 1. The number of benzene rings is 1. The highest BCUT2D eigenvalue weighted by Gasteiger charge is 2.44. The topological polar surface area (TPSA) is 54.5 Å². The van der Waals surface area contributed by atoms with E-state index >= 15 is 0 Å². The molecule has 1 aromatic carbocycles. The van der Waals surface area contributed by atoms with E-state index in [2.05, 4.69) is 10.3 Å². The quantitative estimate of drug-likeness (QED) is 0.783. The molecule has 5 nitrogen and oxygen atoms in total. The predicted molar refractivity (Wildman–Crippen MR) is 103 cm³/mol. The fraction of sp³-hybridized carbons (Fsp3) is 0.429. The van der Waals surface area contributed by atoms with Gasteiger partial charge in [0.15, 0.2) is 0 Å². The predicted octanol–water partition coefficient (Wildman–Crippen LogP) is 4.11. The lowest BCUT2D eigenvalue weighted by molar-refractivity contribution is -0.108. The Labute approximate surface area is 167 Å². The molecular weight excluding hydrogens is 383 g/mol. The van der Waals surface area contributed by atoms with Crippen molar-refractivity contribution in [2.75, 3.05) is 19.6 Å². The first-order chi connectivity index (χ1) is 13.7. The number of nitrogens with zero attached hydrogens (tertiary/aromatic N) is 2. The Bertz CT molecular complexity index is 843. The number of nitrogens with one attached hydrogen (secondary N) is 1. The highest BCUT2D eigenvalue weighted by molar-refractivity contribution is 5.92. The maximum absolute atomic E-state index is 14.3. The van der Waals surface area contributed by atoms with Crippen molar-refractivity contribution in [1.82, 2.24) is 15.2 Å². The molecule has 0 aliphatic carbocycles. The number of alkyl halides is 2. The van der Waals surface area contributed by atoms with Crippen molar-refractivity contribution >= 4 is 5.91 Å². The van der Waals surface area contributed by atoms with Crippen LogP contribution in [-0.2, 0) is 0 Å². The number of amides is 1. The van der Waals surface area contributed by atoms with E-state index in [1.807, 2.05) is 18.7 Å². The lowest BCUT2D eigenvalue weighted by Gasteiger charge is -2.40. The van der Waals surface area contributed by atoms with Gasteiger partial charge in [-0.15, -0.1) is 0 Å². The number of halogens is 3. The van der Waals surface area contributed by atoms with Crippen LogP contribution in [0.3, 0.4) is 0 Å². The van der Waals surface area contributed by atoms with Crippen molar-refractivity contribution in [2.24, 2.45) is 5.92 Å². The first-order valence-electron chi connectivity index (χ1n) is 9.54. The maximum Gasteiger partial charge on any atom is 0.270 e. The lowest BCUT2D eigenvalue weighted by Crippen LogP contribution is -2.53. The summed E-state index contributed by atoms with van der Waals surface area (Å²) >= 11 is 0. The molecular formula is C21H24F3N3O2. The molecule has 2 aromatic rings. The number of likely N-dealkylation sites (tertiary alicyclic amines) is 1. The van der Waals surface area contributed by atoms with Crippen LogP contribution in [0.15, 0.2) is 42.6 Å². The normalized spacial score (nSPS) is 19.2. The summed E-state index contributed by atoms with van der Waals surface area (Å²) in [5.41, 5.74) is 0.0597. The number of carbonyl (C=O) groups excluding carboxylic acids is 1. The molecule has 1 aromatic heterocycles. The highest BCUT2D eigenvalue weighted by atomic mass is 19.3. The van der Waals surface area contributed by atoms with E-state index in [0.717, 1.165) is 0 Å². The van der Waals surface area contributed by atoms with Gasteiger partial charge in [-0.1, -0.05) is 0 Å². The summed E-state index contributed by atoms with van der Waals surface area (Å²) in [7, 11) is 0. The minimum Gasteiger partial charge on any atom is -0.457 e. The number of carbonyl (C=O) groups is 1. The molecule has 1 amide bonds. The zero-order valence-corrected chi connectivity index (χ0v) is 16.4. The molecule has 1 aliphatic rings. The molecule has 156 valence electrons. The zero-order chi connectivity index (χ0) is 21.0. The molecule has 0 radical (unpaired) electrons. The minimum absolute atomic E-state index is 0.0597. The van der Waals surface area contributed by atoms with Crippen LogP contribution in [-0.4, -0.2) is 47.4 Å². The zero-order valence-electron chi connectivity index (χ0n) is 16.4. The van der Waals surface area contributed by atoms with Gasteiger partial charge in [-0.2, -0.15) is 0 Å². The van der Waals surface area contributed by atoms with E-state index in [-0.39, 0.29) is 37.1 Å². The van der Waals surface area contributed by atoms with Crippen LogP contribution in [0.5, 0.6) is 11.5 Å². The summed E-state index contributed by atoms with van der Waals surface area (Å²) in [4.78, 5) is 18.4. The number of hydrogen-bond acceptors (Lipinski definition) is 4. The molecule has 1 aliphatic heterocycles. The fourth-order valence-corrected chi connectivity index (χ4v) is 3.23. The Morgan fingerprint density at radius 3 is 2.69 bits per heavy atom. The van der Waals surface area contributed by atoms with Crippen molar-refractivity contribution in [3.63, 3.8) is 0 Å². The molecule has 1 saturated heterocycles. The van der Waals surface area contributed by atoms with Crippen molar-refractivity contribution in [3.8, 4) is 11.5 Å². The number of piperidine rings is 1. The van der Waals surface area contributed by atoms with Gasteiger partial charge in [-0.05, 0) is 44.2 Å². The Morgan fingerprint density at radius 1 is 1.28 bits per heavy atom. The number of rotatable bonds is 6. The summed E-state index contributed by atoms with van der Waals surface area (Å²) in [6, 6.07) is 8.58. The van der Waals surface area contributed by atoms with Gasteiger partial charge in [-0.25, -0.2) is 13.2 Å². The van der Waals surface area contributed by atoms with Gasteiger partial charge in [-0.3, -0.25) is 9.78 Å². The van der Waals surface area contributed by atoms with Gasteiger partial charge < -0.3 is 15.0 Å². The number of pyridine rings is 1. The second-order valence-electron chi connectivity index (χ2n) is 7.44. The van der Waals surface area contributed by atoms with Crippen LogP contribution in [0.1, 0.15) is 30.8 Å². The summed E-state index contributed by atoms with van der Waals surface area (Å²) in [5, 5.41) is 2.57. The highest BCUT2D eigenvalue weighted by Crippen LogP contribution is 2.33. The summed E-state index contributed by atoms with van der Waals surface area (Å²) < 4.78 is 47.1. The smallest absolute Gasteiger partial charge is 0.270 e. The minimum atomic E-state index is -2.82. The van der Waals surface area contributed by atoms with E-state index in [1.165, 1.54) is 36.5 Å². The molecule has 29 heavy (non-hydrogen) atoms. The van der Waals surface area contributed by atoms with Crippen molar-refractivity contribution in [2.45, 2.75) is 32.2 Å². The van der Waals surface area contributed by atoms with Crippen LogP contribution in [0.2, 0.25) is 0 Å². The summed E-state index contributed by atoms with van der Waals surface area (Å²) in [6.45, 7) is 4.37. The fourth-order valence-electron chi connectivity index (χ4n) is 3.23. The Morgan fingerprint density at radius 2 is 2.00 bits per heavy atom. The van der Waals surface area contributed by atoms with Gasteiger partial charge in [0.1, 0.15) is 23.0 Å². The molecule has 0 bridgehead atoms. The van der Waals surface area contributed by atoms with Gasteiger partial charge in [0.05, 0.1) is 5.92 Å². The average Bonchev–Trinajstić information content (AvgIpc) is 2.68. The first kappa shape index (κ1) is 21.1. The standard InChI is InChI=1S/C21H24F3N3O2/c1-14(2)27-10-8-21(23,24)15(13-27)12-26-20(28)19-11-18(7-9-25-19)29-17-5-3-16(22)4-6-17/h3-7,9,11,14-15H,8,10,12-13H2,1-2H3,(H,26,28)/t15-/m1/s1. The van der Waals surface area contributed by atoms with E-state index in [4.69, 9.17) is 4.74 Å². The molecule has 0 spiro atoms. The van der Waals surface area contributed by atoms with Crippen molar-refractivity contribution in [1.29, 1.82) is 0 Å². The number of aromatic nitrogens is 1. The largest absolute Gasteiger partial charge is 0.457 e. The van der Waals surface area contributed by atoms with Crippen LogP contribution in [0.4, 0.5) is 13.2 Å². The van der Waals surface area contributed by atoms with Crippen molar-refractivity contribution in [3.05, 3.63) is 54.1 Å². The second kappa shape index (κ2) is 8.82. The third kappa shape index (κ3) is 5.47. The lowest BCUT2D eigenvalue weighted by atomic mass is 9.92. The first-order valence-corrected chi connectivity index (χ1v) is 9.54. The van der Waals surface area contributed by atoms with Gasteiger partial charge in [0.2, 0.25) is 0 Å². The molecule has 1 fully saturated rings. The van der Waals surface area contributed by atoms with E-state index in [9.17, 15) is 18.0 Å². The number of ether oxygens (including phenoxy) is 1. The third-order valence-electron chi connectivity index (χ3n) is 5.04. The Hall–Kier alpha value is -2.61. The van der Waals surface area contributed by atoms with Crippen LogP contribution in [0.25, 0.3) is 0 Å². The van der Waals surface area contributed by atoms with Crippen LogP contribution >= 0.6 is 0 Å². The maximum atomic E-state index is 14.3. The Kier molecular flexibility index (Phi) is 6.42. The van der Waals surface area contributed by atoms with Gasteiger partial charge >= 0.3 is 0 Å². The van der Waals surface area contributed by atoms with Crippen LogP contribution < -0.4 is 10.1 Å². The third-order valence-corrected chi connectivity index (χ3v) is 5.04. The molecule has 2 heterocycles. The molecule has 8 heteroatoms. The second-order valence-corrected chi connectivity index (χ2v) is 7.44. The average molecular weight is 407 g/mol. The van der Waals surface area contributed by atoms with E-state index in [0.29, 0.717) is 18.0 Å². The van der Waals surface area contributed by atoms with Gasteiger partial charge in [0.25, 0.3) is 11.8 Å². The molecule has 0 saturated carbocycles. The molecule has 0 unspecified atom stereocenters. The van der Waals surface area contributed by atoms with E-state index < -0.39 is 17.7 Å². The summed E-state index contributed by atoms with van der Waals surface area (Å²) in [5.74, 6) is -3.97. The summed E-state index contributed by atoms with van der Waals surface area (Å²) in [6.07, 6.45) is 1.18. The van der Waals surface area contributed by atoms with Crippen LogP contribution in [0, 0.1) is 11.7 Å². The Balaban J connectivity index is 1.62.